The maximum Gasteiger partial charge on any atom is 1.00 e. The van der Waals surface area contributed by atoms with Gasteiger partial charge in [-0.1, -0.05) is 80.6 Å². The van der Waals surface area contributed by atoms with Gasteiger partial charge in [0.15, 0.2) is 5.71 Å². The standard InChI is InChI=1S/C44H50N2O8S2.2Na/c1-43(2)38(45(27-11-29-55(49,50)51)36-23-21-32-14-6-8-16-34(32)41(36)43)25-19-31(13-5-10-18-40(47)48)20-26-39-44(3,4)42-35-17-9-7-15-33(35)22-24-37(42)46(39)28-12-30-56(52,53)54;;/h6-9,14-17,19-26H,5,10-13,18,27-30H2,1-4H3,(H2-,47,48,49,50,51,52,53,54);;/q;2*+1/p-1. The first-order chi connectivity index (χ1) is 26.4. The SMILES string of the molecule is CC1(C)C(=CC=C(C=CC2=[N+](CCCS(=O)(=O)[O-])c3ccc4ccccc4c3C2(C)C)CCCCC(=O)[O-])N(CCCS(=O)(=O)O)c2ccc3ccccc3c21.[Na+].[Na+]. The molecule has 0 aliphatic carbocycles. The molecule has 4 aromatic carbocycles. The average Bonchev–Trinajstić information content (AvgIpc) is 3.48. The maximum absolute atomic E-state index is 11.7. The van der Waals surface area contributed by atoms with E-state index < -0.39 is 42.8 Å². The van der Waals surface area contributed by atoms with Gasteiger partial charge in [0.2, 0.25) is 5.69 Å². The zero-order valence-corrected chi connectivity index (χ0v) is 40.0. The third-order valence-corrected chi connectivity index (χ3v) is 12.7. The van der Waals surface area contributed by atoms with E-state index >= 15 is 0 Å². The van der Waals surface area contributed by atoms with Crippen LogP contribution in [-0.4, -0.2) is 66.8 Å². The van der Waals surface area contributed by atoms with Gasteiger partial charge in [-0.2, -0.15) is 13.0 Å². The Hall–Kier alpha value is -2.62. The molecule has 1 N–H and O–H groups in total. The van der Waals surface area contributed by atoms with Crippen molar-refractivity contribution in [1.29, 1.82) is 0 Å². The van der Waals surface area contributed by atoms with Gasteiger partial charge < -0.3 is 19.4 Å². The number of allylic oxidation sites excluding steroid dienone is 6. The van der Waals surface area contributed by atoms with Gasteiger partial charge in [0, 0.05) is 59.2 Å². The Morgan fingerprint density at radius 2 is 1.38 bits per heavy atom. The normalized spacial score (nSPS) is 16.8. The van der Waals surface area contributed by atoms with Gasteiger partial charge in [0.25, 0.3) is 10.1 Å². The molecule has 0 spiro atoms. The number of carbonyl (C=O) groups is 1. The quantitative estimate of drug-likeness (QED) is 0.0573. The molecular formula is C44H49N2Na2O8S2+. The number of carboxylic acids is 1. The smallest absolute Gasteiger partial charge is 0.748 e. The van der Waals surface area contributed by atoms with E-state index in [1.807, 2.05) is 42.5 Å². The summed E-state index contributed by atoms with van der Waals surface area (Å²) in [6.07, 6.45) is 10.1. The van der Waals surface area contributed by atoms with Crippen molar-refractivity contribution in [3.63, 3.8) is 0 Å². The minimum Gasteiger partial charge on any atom is -0.748 e. The molecule has 2 aliphatic heterocycles. The summed E-state index contributed by atoms with van der Waals surface area (Å²) >= 11 is 0. The molecule has 58 heavy (non-hydrogen) atoms. The third-order valence-electron chi connectivity index (χ3n) is 11.1. The van der Waals surface area contributed by atoms with E-state index in [0.717, 1.165) is 61.0 Å². The molecule has 0 atom stereocenters. The summed E-state index contributed by atoms with van der Waals surface area (Å²) in [5, 5.41) is 15.6. The van der Waals surface area contributed by atoms with Crippen LogP contribution in [0.15, 0.2) is 108 Å². The van der Waals surface area contributed by atoms with E-state index in [2.05, 4.69) is 91.8 Å². The van der Waals surface area contributed by atoms with Crippen LogP contribution >= 0.6 is 0 Å². The van der Waals surface area contributed by atoms with Crippen molar-refractivity contribution in [3.05, 3.63) is 119 Å². The van der Waals surface area contributed by atoms with Crippen molar-refractivity contribution in [1.82, 2.24) is 0 Å². The Kier molecular flexibility index (Phi) is 16.1. The molecule has 0 aromatic heterocycles. The van der Waals surface area contributed by atoms with E-state index in [4.69, 9.17) is 0 Å². The number of hydrogen-bond donors (Lipinski definition) is 1. The molecule has 0 bridgehead atoms. The van der Waals surface area contributed by atoms with Crippen molar-refractivity contribution >= 4 is 64.8 Å². The number of unbranched alkanes of at least 4 members (excludes halogenated alkanes) is 1. The van der Waals surface area contributed by atoms with Crippen LogP contribution in [0, 0.1) is 0 Å². The van der Waals surface area contributed by atoms with Crippen LogP contribution in [0.2, 0.25) is 0 Å². The van der Waals surface area contributed by atoms with Gasteiger partial charge >= 0.3 is 59.1 Å². The molecule has 0 fully saturated rings. The topological polar surface area (TPSA) is 158 Å². The first-order valence-corrected chi connectivity index (χ1v) is 22.2. The fourth-order valence-electron chi connectivity index (χ4n) is 8.55. The zero-order valence-electron chi connectivity index (χ0n) is 34.3. The molecule has 2 aliphatic rings. The Morgan fingerprint density at radius 1 is 0.776 bits per heavy atom. The van der Waals surface area contributed by atoms with Crippen LogP contribution in [0.5, 0.6) is 0 Å². The number of hydrogen-bond acceptors (Lipinski definition) is 8. The zero-order chi connectivity index (χ0) is 40.5. The number of benzene rings is 4. The van der Waals surface area contributed by atoms with E-state index in [-0.39, 0.29) is 84.1 Å². The summed E-state index contributed by atoms with van der Waals surface area (Å²) in [5.74, 6) is -1.95. The molecule has 0 saturated heterocycles. The van der Waals surface area contributed by atoms with Crippen LogP contribution in [0.4, 0.5) is 11.4 Å². The van der Waals surface area contributed by atoms with Gasteiger partial charge in [0.05, 0.1) is 21.3 Å². The predicted octanol–water partition coefficient (Wildman–Crippen LogP) is 1.07. The first-order valence-electron chi connectivity index (χ1n) is 19.0. The van der Waals surface area contributed by atoms with Crippen LogP contribution in [0.1, 0.15) is 77.3 Å². The largest absolute Gasteiger partial charge is 1.00 e. The van der Waals surface area contributed by atoms with Gasteiger partial charge in [-0.05, 0) is 96.8 Å². The second kappa shape index (κ2) is 19.4. The van der Waals surface area contributed by atoms with Crippen molar-refractivity contribution in [2.24, 2.45) is 0 Å². The number of fused-ring (bicyclic) bond motifs is 6. The second-order valence-electron chi connectivity index (χ2n) is 15.8. The second-order valence-corrected chi connectivity index (χ2v) is 18.9. The minimum atomic E-state index is -4.41. The number of carbonyl (C=O) groups excluding carboxylic acids is 1. The van der Waals surface area contributed by atoms with Crippen molar-refractivity contribution in [2.45, 2.75) is 77.0 Å². The summed E-state index contributed by atoms with van der Waals surface area (Å²) < 4.78 is 69.9. The molecule has 2 heterocycles. The molecule has 0 radical (unpaired) electrons. The van der Waals surface area contributed by atoms with Crippen molar-refractivity contribution in [3.8, 4) is 0 Å². The molecule has 0 amide bonds. The minimum absolute atomic E-state index is 0. The monoisotopic (exact) mass is 843 g/mol. The number of rotatable bonds is 16. The molecule has 0 unspecified atom stereocenters. The molecule has 296 valence electrons. The third kappa shape index (κ3) is 10.8. The fourth-order valence-corrected chi connectivity index (χ4v) is 9.53. The fraction of sp³-hybridized carbons (Fsp3) is 0.364. The van der Waals surface area contributed by atoms with E-state index in [1.165, 1.54) is 0 Å². The number of nitrogens with zero attached hydrogens (tertiary/aromatic N) is 2. The molecule has 0 saturated carbocycles. The summed E-state index contributed by atoms with van der Waals surface area (Å²) in [6.45, 7) is 9.26. The van der Waals surface area contributed by atoms with Crippen LogP contribution in [0.3, 0.4) is 0 Å². The maximum atomic E-state index is 11.7. The van der Waals surface area contributed by atoms with Gasteiger partial charge in [-0.15, -0.1) is 0 Å². The predicted molar refractivity (Wildman–Crippen MR) is 220 cm³/mol. The summed E-state index contributed by atoms with van der Waals surface area (Å²) in [5.41, 5.74) is 5.99. The Labute approximate surface area is 386 Å². The van der Waals surface area contributed by atoms with E-state index in [0.29, 0.717) is 32.4 Å². The van der Waals surface area contributed by atoms with E-state index in [9.17, 15) is 35.8 Å². The van der Waals surface area contributed by atoms with Gasteiger partial charge in [-0.25, -0.2) is 8.42 Å². The number of carboxylic acid groups (broad SMARTS) is 1. The van der Waals surface area contributed by atoms with Crippen LogP contribution in [0.25, 0.3) is 21.5 Å². The Balaban J connectivity index is 0.00000372. The summed E-state index contributed by atoms with van der Waals surface area (Å²) in [4.78, 5) is 13.4. The first kappa shape index (κ1) is 48.1. The van der Waals surface area contributed by atoms with Crippen molar-refractivity contribution < 1.29 is 99.5 Å². The van der Waals surface area contributed by atoms with Crippen LogP contribution < -0.4 is 69.1 Å². The van der Waals surface area contributed by atoms with Gasteiger partial charge in [0.1, 0.15) is 6.54 Å². The molecule has 6 rings (SSSR count). The Morgan fingerprint density at radius 3 is 2.00 bits per heavy atom. The Bertz CT molecular complexity index is 2540. The molecule has 14 heteroatoms. The number of anilines is 1. The summed E-state index contributed by atoms with van der Waals surface area (Å²) in [7, 11) is -8.56. The summed E-state index contributed by atoms with van der Waals surface area (Å²) in [6, 6.07) is 24.5. The van der Waals surface area contributed by atoms with Crippen molar-refractivity contribution in [2.75, 3.05) is 29.5 Å². The molecular weight excluding hydrogens is 795 g/mol. The van der Waals surface area contributed by atoms with Gasteiger partial charge in [-0.3, -0.25) is 4.55 Å². The van der Waals surface area contributed by atoms with E-state index in [1.54, 1.807) is 0 Å². The van der Waals surface area contributed by atoms with Crippen LogP contribution in [-0.2, 0) is 35.9 Å². The molecule has 10 nitrogen and oxygen atoms in total. The average molecular weight is 844 g/mol. The molecule has 4 aromatic rings. The number of aliphatic carboxylic acids is 1.